The van der Waals surface area contributed by atoms with Gasteiger partial charge in [-0.15, -0.1) is 0 Å². The van der Waals surface area contributed by atoms with E-state index in [2.05, 4.69) is 51.8 Å². The Morgan fingerprint density at radius 3 is 2.61 bits per heavy atom. The number of hydrogen-bond donors (Lipinski definition) is 2. The van der Waals surface area contributed by atoms with E-state index in [-0.39, 0.29) is 0 Å². The topological polar surface area (TPSA) is 63.9 Å². The molecule has 2 rings (SSSR count). The minimum atomic E-state index is 0.538. The normalized spacial score (nSPS) is 10.7. The highest BCUT2D eigenvalue weighted by Gasteiger charge is 2.14. The van der Waals surface area contributed by atoms with Crippen molar-refractivity contribution in [3.63, 3.8) is 0 Å². The van der Waals surface area contributed by atoms with E-state index in [0.29, 0.717) is 12.4 Å². The number of benzene rings is 1. The zero-order valence-corrected chi connectivity index (χ0v) is 12.8. The van der Waals surface area contributed by atoms with Crippen LogP contribution in [-0.2, 0) is 0 Å². The average Bonchev–Trinajstić information content (AvgIpc) is 2.65. The molecule has 0 spiro atoms. The van der Waals surface area contributed by atoms with Gasteiger partial charge in [0.05, 0.1) is 15.9 Å². The smallest absolute Gasteiger partial charge is 0.159 e. The third-order valence-corrected chi connectivity index (χ3v) is 3.92. The molecule has 0 unspecified atom stereocenters. The van der Waals surface area contributed by atoms with Crippen molar-refractivity contribution in [1.29, 1.82) is 0 Å². The summed E-state index contributed by atoms with van der Waals surface area (Å²) in [7, 11) is 0. The van der Waals surface area contributed by atoms with Gasteiger partial charge in [0, 0.05) is 5.56 Å². The molecule has 1 aromatic carbocycles. The SMILES string of the molecule is CCOc1cc(C)c(-c2[nH]nc(N)c2I)cc1C. The maximum atomic E-state index is 5.77. The second kappa shape index (κ2) is 5.17. The third kappa shape index (κ3) is 2.31. The van der Waals surface area contributed by atoms with Crippen LogP contribution in [0.4, 0.5) is 5.82 Å². The van der Waals surface area contributed by atoms with E-state index in [0.717, 1.165) is 31.7 Å². The first-order valence-electron chi connectivity index (χ1n) is 5.78. The van der Waals surface area contributed by atoms with Crippen LogP contribution in [0.2, 0.25) is 0 Å². The number of rotatable bonds is 3. The fraction of sp³-hybridized carbons (Fsp3) is 0.308. The van der Waals surface area contributed by atoms with Gasteiger partial charge in [0.15, 0.2) is 5.82 Å². The van der Waals surface area contributed by atoms with Crippen LogP contribution in [0.1, 0.15) is 18.1 Å². The summed E-state index contributed by atoms with van der Waals surface area (Å²) in [5.41, 5.74) is 10.1. The Labute approximate surface area is 120 Å². The largest absolute Gasteiger partial charge is 0.494 e. The summed E-state index contributed by atoms with van der Waals surface area (Å²) in [4.78, 5) is 0. The van der Waals surface area contributed by atoms with Crippen molar-refractivity contribution < 1.29 is 4.74 Å². The summed E-state index contributed by atoms with van der Waals surface area (Å²) in [5.74, 6) is 1.47. The molecule has 0 radical (unpaired) electrons. The van der Waals surface area contributed by atoms with E-state index in [1.165, 1.54) is 0 Å². The number of nitrogens with one attached hydrogen (secondary N) is 1. The molecule has 18 heavy (non-hydrogen) atoms. The van der Waals surface area contributed by atoms with Crippen LogP contribution in [0.15, 0.2) is 12.1 Å². The zero-order valence-electron chi connectivity index (χ0n) is 10.7. The van der Waals surface area contributed by atoms with Crippen molar-refractivity contribution in [3.05, 3.63) is 26.8 Å². The molecule has 5 heteroatoms. The van der Waals surface area contributed by atoms with Crippen molar-refractivity contribution in [2.24, 2.45) is 0 Å². The molecule has 1 aromatic heterocycles. The van der Waals surface area contributed by atoms with Gasteiger partial charge in [-0.1, -0.05) is 0 Å². The highest BCUT2D eigenvalue weighted by molar-refractivity contribution is 14.1. The summed E-state index contributed by atoms with van der Waals surface area (Å²) in [6.07, 6.45) is 0. The van der Waals surface area contributed by atoms with Crippen LogP contribution in [0.25, 0.3) is 11.3 Å². The first kappa shape index (κ1) is 13.2. The summed E-state index contributed by atoms with van der Waals surface area (Å²) in [5, 5.41) is 7.02. The zero-order chi connectivity index (χ0) is 13.3. The number of aromatic nitrogens is 2. The van der Waals surface area contributed by atoms with Gasteiger partial charge in [-0.3, -0.25) is 5.10 Å². The van der Waals surface area contributed by atoms with Gasteiger partial charge in [0.2, 0.25) is 0 Å². The molecule has 0 saturated carbocycles. The van der Waals surface area contributed by atoms with Gasteiger partial charge in [0.25, 0.3) is 0 Å². The van der Waals surface area contributed by atoms with Crippen LogP contribution in [0.3, 0.4) is 0 Å². The maximum absolute atomic E-state index is 5.77. The number of nitrogens with two attached hydrogens (primary N) is 1. The van der Waals surface area contributed by atoms with Crippen molar-refractivity contribution in [3.8, 4) is 17.0 Å². The lowest BCUT2D eigenvalue weighted by Crippen LogP contribution is -1.96. The van der Waals surface area contributed by atoms with Gasteiger partial charge in [-0.05, 0) is 66.6 Å². The molecule has 0 amide bonds. The van der Waals surface area contributed by atoms with Crippen LogP contribution in [0, 0.1) is 17.4 Å². The maximum Gasteiger partial charge on any atom is 0.159 e. The molecule has 2 aromatic rings. The van der Waals surface area contributed by atoms with E-state index in [9.17, 15) is 0 Å². The quantitative estimate of drug-likeness (QED) is 0.829. The van der Waals surface area contributed by atoms with E-state index in [1.54, 1.807) is 0 Å². The van der Waals surface area contributed by atoms with Gasteiger partial charge >= 0.3 is 0 Å². The minimum Gasteiger partial charge on any atom is -0.494 e. The van der Waals surface area contributed by atoms with Gasteiger partial charge in [-0.25, -0.2) is 0 Å². The number of aromatic amines is 1. The highest BCUT2D eigenvalue weighted by Crippen LogP contribution is 2.33. The number of H-pyrrole nitrogens is 1. The van der Waals surface area contributed by atoms with Crippen molar-refractivity contribution in [2.75, 3.05) is 12.3 Å². The fourth-order valence-electron chi connectivity index (χ4n) is 1.89. The lowest BCUT2D eigenvalue weighted by molar-refractivity contribution is 0.337. The summed E-state index contributed by atoms with van der Waals surface area (Å²) in [6, 6.07) is 4.16. The van der Waals surface area contributed by atoms with E-state index in [1.807, 2.05) is 13.8 Å². The number of halogens is 1. The predicted molar refractivity (Wildman–Crippen MR) is 81.8 cm³/mol. The van der Waals surface area contributed by atoms with E-state index >= 15 is 0 Å². The fourth-order valence-corrected chi connectivity index (χ4v) is 2.42. The minimum absolute atomic E-state index is 0.538. The number of anilines is 1. The molecule has 0 aliphatic rings. The standard InChI is InChI=1S/C13H16IN3O/c1-4-18-10-6-7(2)9(5-8(10)3)12-11(14)13(15)17-16-12/h5-6H,4H2,1-3H3,(H3,15,16,17). The van der Waals surface area contributed by atoms with Crippen LogP contribution < -0.4 is 10.5 Å². The summed E-state index contributed by atoms with van der Waals surface area (Å²) in [6.45, 7) is 6.76. The summed E-state index contributed by atoms with van der Waals surface area (Å²) < 4.78 is 6.55. The number of aryl methyl sites for hydroxylation is 2. The average molecular weight is 357 g/mol. The van der Waals surface area contributed by atoms with E-state index < -0.39 is 0 Å². The second-order valence-electron chi connectivity index (χ2n) is 4.16. The molecule has 0 fully saturated rings. The molecule has 0 aliphatic carbocycles. The molecule has 0 aliphatic heterocycles. The Balaban J connectivity index is 2.53. The number of nitrogens with zero attached hydrogens (tertiary/aromatic N) is 1. The predicted octanol–water partition coefficient (Wildman–Crippen LogP) is 3.28. The summed E-state index contributed by atoms with van der Waals surface area (Å²) >= 11 is 2.21. The Bertz CT molecular complexity index is 578. The number of hydrogen-bond acceptors (Lipinski definition) is 3. The van der Waals surface area contributed by atoms with E-state index in [4.69, 9.17) is 10.5 Å². The van der Waals surface area contributed by atoms with Gasteiger partial charge in [0.1, 0.15) is 5.75 Å². The van der Waals surface area contributed by atoms with Gasteiger partial charge in [-0.2, -0.15) is 5.10 Å². The lowest BCUT2D eigenvalue weighted by atomic mass is 10.0. The molecule has 1 heterocycles. The molecule has 0 bridgehead atoms. The second-order valence-corrected chi connectivity index (χ2v) is 5.24. The Morgan fingerprint density at radius 1 is 1.33 bits per heavy atom. The number of ether oxygens (including phenoxy) is 1. The Morgan fingerprint density at radius 2 is 2.06 bits per heavy atom. The van der Waals surface area contributed by atoms with Crippen molar-refractivity contribution >= 4 is 28.4 Å². The molecule has 3 N–H and O–H groups in total. The Hall–Kier alpha value is -1.24. The molecule has 4 nitrogen and oxygen atoms in total. The van der Waals surface area contributed by atoms with Crippen LogP contribution >= 0.6 is 22.6 Å². The molecular formula is C13H16IN3O. The highest BCUT2D eigenvalue weighted by atomic mass is 127. The van der Waals surface area contributed by atoms with Crippen LogP contribution in [-0.4, -0.2) is 16.8 Å². The monoisotopic (exact) mass is 357 g/mol. The first-order valence-corrected chi connectivity index (χ1v) is 6.86. The molecule has 0 atom stereocenters. The molecule has 96 valence electrons. The van der Waals surface area contributed by atoms with Gasteiger partial charge < -0.3 is 10.5 Å². The first-order chi connectivity index (χ1) is 8.54. The Kier molecular flexibility index (Phi) is 3.79. The number of nitrogen functional groups attached to an aromatic ring is 1. The molecular weight excluding hydrogens is 341 g/mol. The van der Waals surface area contributed by atoms with Crippen LogP contribution in [0.5, 0.6) is 5.75 Å². The third-order valence-electron chi connectivity index (χ3n) is 2.82. The van der Waals surface area contributed by atoms with Crippen molar-refractivity contribution in [1.82, 2.24) is 10.2 Å². The lowest BCUT2D eigenvalue weighted by Gasteiger charge is -2.11. The molecule has 0 saturated heterocycles. The van der Waals surface area contributed by atoms with Crippen molar-refractivity contribution in [2.45, 2.75) is 20.8 Å².